The van der Waals surface area contributed by atoms with Crippen molar-refractivity contribution in [3.63, 3.8) is 0 Å². The van der Waals surface area contributed by atoms with E-state index in [1.165, 1.54) is 8.61 Å². The van der Waals surface area contributed by atoms with Gasteiger partial charge in [0.2, 0.25) is 0 Å². The van der Waals surface area contributed by atoms with Gasteiger partial charge in [0.25, 0.3) is 10.2 Å². The van der Waals surface area contributed by atoms with Crippen molar-refractivity contribution in [2.24, 2.45) is 11.7 Å². The summed E-state index contributed by atoms with van der Waals surface area (Å²) in [6, 6.07) is 9.50. The van der Waals surface area contributed by atoms with E-state index in [4.69, 9.17) is 5.73 Å². The lowest BCUT2D eigenvalue weighted by Gasteiger charge is -2.30. The van der Waals surface area contributed by atoms with E-state index in [1.54, 1.807) is 14.1 Å². The number of hydrogen-bond acceptors (Lipinski definition) is 3. The summed E-state index contributed by atoms with van der Waals surface area (Å²) < 4.78 is 27.9. The second-order valence-electron chi connectivity index (χ2n) is 5.41. The molecule has 1 aliphatic rings. The van der Waals surface area contributed by atoms with Gasteiger partial charge in [-0.05, 0) is 24.3 Å². The SMILES string of the molecule is CN(Cc1ccccc1)S(=O)(=O)N(C)C(CN)C1CC1. The second kappa shape index (κ2) is 6.22. The molecule has 6 heteroatoms. The fraction of sp³-hybridized carbons (Fsp3) is 0.571. The van der Waals surface area contributed by atoms with Gasteiger partial charge in [-0.1, -0.05) is 30.3 Å². The lowest BCUT2D eigenvalue weighted by molar-refractivity contribution is 0.309. The Hall–Kier alpha value is -0.950. The van der Waals surface area contributed by atoms with Crippen molar-refractivity contribution < 1.29 is 8.42 Å². The van der Waals surface area contributed by atoms with Gasteiger partial charge in [-0.2, -0.15) is 17.0 Å². The van der Waals surface area contributed by atoms with Crippen LogP contribution in [0.15, 0.2) is 30.3 Å². The number of rotatable bonds is 7. The molecule has 1 aliphatic carbocycles. The smallest absolute Gasteiger partial charge is 0.282 e. The number of hydrogen-bond donors (Lipinski definition) is 1. The Balaban J connectivity index is 2.08. The molecule has 112 valence electrons. The molecule has 0 aliphatic heterocycles. The molecule has 0 radical (unpaired) electrons. The molecular formula is C14H23N3O2S. The molecule has 0 spiro atoms. The third-order valence-corrected chi connectivity index (χ3v) is 5.80. The van der Waals surface area contributed by atoms with Crippen LogP contribution in [0.2, 0.25) is 0 Å². The van der Waals surface area contributed by atoms with E-state index >= 15 is 0 Å². The molecule has 1 fully saturated rings. The van der Waals surface area contributed by atoms with Crippen molar-refractivity contribution in [3.05, 3.63) is 35.9 Å². The van der Waals surface area contributed by atoms with E-state index in [9.17, 15) is 8.42 Å². The topological polar surface area (TPSA) is 66.6 Å². The summed E-state index contributed by atoms with van der Waals surface area (Å²) >= 11 is 0. The van der Waals surface area contributed by atoms with E-state index in [-0.39, 0.29) is 6.04 Å². The van der Waals surface area contributed by atoms with Crippen LogP contribution in [0, 0.1) is 5.92 Å². The van der Waals surface area contributed by atoms with Crippen LogP contribution in [0.5, 0.6) is 0 Å². The van der Waals surface area contributed by atoms with Gasteiger partial charge in [0.15, 0.2) is 0 Å². The summed E-state index contributed by atoms with van der Waals surface area (Å²) in [6.07, 6.45) is 2.15. The molecule has 1 atom stereocenters. The van der Waals surface area contributed by atoms with Crippen LogP contribution in [0.3, 0.4) is 0 Å². The first kappa shape index (κ1) is 15.4. The molecule has 0 saturated heterocycles. The first-order chi connectivity index (χ1) is 9.46. The standard InChI is InChI=1S/C14H23N3O2S/c1-16(11-12-6-4-3-5-7-12)20(18,19)17(2)14(10-15)13-8-9-13/h3-7,13-14H,8-11,15H2,1-2H3. The zero-order chi connectivity index (χ0) is 14.8. The van der Waals surface area contributed by atoms with Crippen LogP contribution in [0.4, 0.5) is 0 Å². The van der Waals surface area contributed by atoms with Crippen LogP contribution in [0.25, 0.3) is 0 Å². The molecule has 20 heavy (non-hydrogen) atoms. The summed E-state index contributed by atoms with van der Waals surface area (Å²) in [6.45, 7) is 0.745. The average Bonchev–Trinajstić information content (AvgIpc) is 3.25. The minimum atomic E-state index is -3.47. The van der Waals surface area contributed by atoms with Gasteiger partial charge in [0, 0.05) is 33.2 Å². The number of benzene rings is 1. The molecule has 1 unspecified atom stereocenters. The van der Waals surface area contributed by atoms with Crippen LogP contribution < -0.4 is 5.73 Å². The van der Waals surface area contributed by atoms with E-state index in [2.05, 4.69) is 0 Å². The quantitative estimate of drug-likeness (QED) is 0.817. The Morgan fingerprint density at radius 2 is 1.85 bits per heavy atom. The van der Waals surface area contributed by atoms with Crippen molar-refractivity contribution in [3.8, 4) is 0 Å². The van der Waals surface area contributed by atoms with Crippen molar-refractivity contribution in [1.82, 2.24) is 8.61 Å². The van der Waals surface area contributed by atoms with Crippen LogP contribution in [-0.4, -0.2) is 43.7 Å². The molecule has 1 aromatic rings. The fourth-order valence-electron chi connectivity index (χ4n) is 2.43. The minimum Gasteiger partial charge on any atom is -0.329 e. The summed E-state index contributed by atoms with van der Waals surface area (Å²) in [5.74, 6) is 0.421. The average molecular weight is 297 g/mol. The first-order valence-corrected chi connectivity index (χ1v) is 8.29. The predicted octanol–water partition coefficient (Wildman–Crippen LogP) is 1.03. The normalized spacial score (nSPS) is 17.6. The molecule has 1 aromatic carbocycles. The van der Waals surface area contributed by atoms with Gasteiger partial charge in [-0.15, -0.1) is 0 Å². The maximum absolute atomic E-state index is 12.6. The predicted molar refractivity (Wildman–Crippen MR) is 80.2 cm³/mol. The number of nitrogens with two attached hydrogens (primary N) is 1. The zero-order valence-corrected chi connectivity index (χ0v) is 12.9. The van der Waals surface area contributed by atoms with Crippen LogP contribution >= 0.6 is 0 Å². The van der Waals surface area contributed by atoms with Gasteiger partial charge in [0.05, 0.1) is 0 Å². The minimum absolute atomic E-state index is 0.0850. The highest BCUT2D eigenvalue weighted by Gasteiger charge is 2.38. The van der Waals surface area contributed by atoms with Gasteiger partial charge in [0.1, 0.15) is 0 Å². The Kier molecular flexibility index (Phi) is 4.80. The molecule has 1 saturated carbocycles. The Labute approximate surface area is 121 Å². The largest absolute Gasteiger partial charge is 0.329 e. The summed E-state index contributed by atoms with van der Waals surface area (Å²) in [7, 11) is -0.225. The molecule has 0 aromatic heterocycles. The van der Waals surface area contributed by atoms with Crippen molar-refractivity contribution in [2.45, 2.75) is 25.4 Å². The van der Waals surface area contributed by atoms with E-state index in [1.807, 2.05) is 30.3 Å². The number of nitrogens with zero attached hydrogens (tertiary/aromatic N) is 2. The molecule has 0 heterocycles. The van der Waals surface area contributed by atoms with Gasteiger partial charge < -0.3 is 5.73 Å². The lowest BCUT2D eigenvalue weighted by Crippen LogP contribution is -2.48. The molecule has 2 rings (SSSR count). The number of likely N-dealkylation sites (N-methyl/N-ethyl adjacent to an activating group) is 1. The zero-order valence-electron chi connectivity index (χ0n) is 12.1. The van der Waals surface area contributed by atoms with Crippen molar-refractivity contribution in [1.29, 1.82) is 0 Å². The maximum atomic E-state index is 12.6. The molecule has 2 N–H and O–H groups in total. The highest BCUT2D eigenvalue weighted by Crippen LogP contribution is 2.35. The van der Waals surface area contributed by atoms with Crippen LogP contribution in [-0.2, 0) is 16.8 Å². The van der Waals surface area contributed by atoms with Crippen molar-refractivity contribution >= 4 is 10.2 Å². The first-order valence-electron chi connectivity index (χ1n) is 6.90. The van der Waals surface area contributed by atoms with Gasteiger partial charge in [-0.25, -0.2) is 0 Å². The Morgan fingerprint density at radius 3 is 2.35 bits per heavy atom. The van der Waals surface area contributed by atoms with Gasteiger partial charge in [-0.3, -0.25) is 0 Å². The van der Waals surface area contributed by atoms with E-state index in [0.29, 0.717) is 19.0 Å². The Morgan fingerprint density at radius 1 is 1.25 bits per heavy atom. The van der Waals surface area contributed by atoms with E-state index in [0.717, 1.165) is 18.4 Å². The second-order valence-corrected chi connectivity index (χ2v) is 7.50. The van der Waals surface area contributed by atoms with E-state index < -0.39 is 10.2 Å². The fourth-order valence-corrected chi connectivity index (χ4v) is 3.78. The highest BCUT2D eigenvalue weighted by molar-refractivity contribution is 7.86. The Bertz CT molecular complexity index is 529. The molecule has 0 bridgehead atoms. The van der Waals surface area contributed by atoms with Crippen molar-refractivity contribution in [2.75, 3.05) is 20.6 Å². The molecule has 5 nitrogen and oxygen atoms in total. The van der Waals surface area contributed by atoms with Gasteiger partial charge >= 0.3 is 0 Å². The summed E-state index contributed by atoms with van der Waals surface area (Å²) in [4.78, 5) is 0. The summed E-state index contributed by atoms with van der Waals surface area (Å²) in [5.41, 5.74) is 6.71. The third-order valence-electron chi connectivity index (χ3n) is 3.88. The molecular weight excluding hydrogens is 274 g/mol. The maximum Gasteiger partial charge on any atom is 0.282 e. The lowest BCUT2D eigenvalue weighted by atomic mass is 10.2. The monoisotopic (exact) mass is 297 g/mol. The highest BCUT2D eigenvalue weighted by atomic mass is 32.2. The summed E-state index contributed by atoms with van der Waals surface area (Å²) in [5, 5.41) is 0. The molecule has 0 amide bonds. The van der Waals surface area contributed by atoms with Crippen LogP contribution in [0.1, 0.15) is 18.4 Å². The third kappa shape index (κ3) is 3.38.